The molecule has 1 aromatic rings. The zero-order valence-electron chi connectivity index (χ0n) is 4.89. The SMILES string of the molecule is [Cl-].[Cl-].[Cl-].[Ti+4].[c-]1ccccn1. The molecule has 1 heterocycles. The molecule has 10 heavy (non-hydrogen) atoms. The van der Waals surface area contributed by atoms with Crippen molar-refractivity contribution in [3.8, 4) is 0 Å². The molecule has 0 unspecified atom stereocenters. The van der Waals surface area contributed by atoms with Crippen molar-refractivity contribution >= 4 is 0 Å². The summed E-state index contributed by atoms with van der Waals surface area (Å²) >= 11 is 0. The van der Waals surface area contributed by atoms with Crippen molar-refractivity contribution in [3.63, 3.8) is 0 Å². The maximum atomic E-state index is 3.66. The predicted octanol–water partition coefficient (Wildman–Crippen LogP) is -8.11. The second-order valence-electron chi connectivity index (χ2n) is 0.959. The van der Waals surface area contributed by atoms with Crippen LogP contribution in [0.4, 0.5) is 0 Å². The number of rotatable bonds is 0. The fourth-order valence-corrected chi connectivity index (χ4v) is 0.277. The first-order chi connectivity index (χ1) is 3.00. The van der Waals surface area contributed by atoms with Crippen LogP contribution in [0.15, 0.2) is 24.4 Å². The third-order valence-corrected chi connectivity index (χ3v) is 0.517. The molecule has 0 aliphatic rings. The Morgan fingerprint density at radius 3 is 1.70 bits per heavy atom. The van der Waals surface area contributed by atoms with Gasteiger partial charge in [-0.3, -0.25) is 0 Å². The van der Waals surface area contributed by atoms with Crippen LogP contribution in [0.5, 0.6) is 0 Å². The zero-order valence-corrected chi connectivity index (χ0v) is 8.72. The van der Waals surface area contributed by atoms with Crippen molar-refractivity contribution in [2.24, 2.45) is 0 Å². The molecular formula is C5H4Cl3NTi. The third kappa shape index (κ3) is 11.5. The van der Waals surface area contributed by atoms with Gasteiger partial charge in [0.15, 0.2) is 0 Å². The van der Waals surface area contributed by atoms with Crippen LogP contribution in [-0.4, -0.2) is 4.98 Å². The smallest absolute Gasteiger partial charge is 1.00 e. The van der Waals surface area contributed by atoms with Crippen molar-refractivity contribution in [2.45, 2.75) is 0 Å². The molecule has 0 saturated heterocycles. The summed E-state index contributed by atoms with van der Waals surface area (Å²) in [5.74, 6) is 0. The largest absolute Gasteiger partial charge is 4.00 e. The molecule has 1 nitrogen and oxygen atoms in total. The van der Waals surface area contributed by atoms with Gasteiger partial charge in [-0.1, -0.05) is 12.4 Å². The molecule has 54 valence electrons. The predicted molar refractivity (Wildman–Crippen MR) is 23.1 cm³/mol. The minimum atomic E-state index is 0. The number of hydrogen-bond acceptors (Lipinski definition) is 1. The number of halogens is 3. The first-order valence-corrected chi connectivity index (χ1v) is 1.77. The van der Waals surface area contributed by atoms with Crippen LogP contribution in [0.25, 0.3) is 0 Å². The Morgan fingerprint density at radius 1 is 1.00 bits per heavy atom. The average Bonchev–Trinajstić information content (AvgIpc) is 1.72. The summed E-state index contributed by atoms with van der Waals surface area (Å²) in [6.45, 7) is 0. The Balaban J connectivity index is -0.0000000450. The van der Waals surface area contributed by atoms with E-state index in [-0.39, 0.29) is 58.9 Å². The fourth-order valence-electron chi connectivity index (χ4n) is 0.277. The topological polar surface area (TPSA) is 12.9 Å². The monoisotopic (exact) mass is 231 g/mol. The molecule has 0 atom stereocenters. The van der Waals surface area contributed by atoms with E-state index < -0.39 is 0 Å². The number of hydrogen-bond donors (Lipinski definition) is 0. The van der Waals surface area contributed by atoms with Crippen molar-refractivity contribution < 1.29 is 58.9 Å². The van der Waals surface area contributed by atoms with Gasteiger partial charge in [0.05, 0.1) is 0 Å². The molecule has 1 aromatic heterocycles. The number of pyridine rings is 1. The molecular weight excluding hydrogens is 228 g/mol. The summed E-state index contributed by atoms with van der Waals surface area (Å²) in [5.41, 5.74) is 0. The van der Waals surface area contributed by atoms with E-state index in [1.165, 1.54) is 0 Å². The van der Waals surface area contributed by atoms with Gasteiger partial charge in [0.1, 0.15) is 0 Å². The van der Waals surface area contributed by atoms with E-state index >= 15 is 0 Å². The molecule has 0 saturated carbocycles. The van der Waals surface area contributed by atoms with Gasteiger partial charge in [-0.25, -0.2) is 0 Å². The molecule has 0 spiro atoms. The minimum Gasteiger partial charge on any atom is -1.00 e. The Labute approximate surface area is 94.1 Å². The van der Waals surface area contributed by atoms with Crippen LogP contribution in [0.3, 0.4) is 0 Å². The molecule has 0 bridgehead atoms. The number of nitrogens with zero attached hydrogens (tertiary/aromatic N) is 1. The Bertz CT molecular complexity index is 88.8. The van der Waals surface area contributed by atoms with E-state index in [9.17, 15) is 0 Å². The standard InChI is InChI=1S/C5H4N.3ClH.Ti/c1-2-4-6-5-3-1;;;;/h1-4H;3*1H;/q-1;;;;+4/p-3. The molecule has 1 rings (SSSR count). The van der Waals surface area contributed by atoms with Crippen LogP contribution in [0, 0.1) is 6.20 Å². The van der Waals surface area contributed by atoms with Crippen LogP contribution in [0.1, 0.15) is 0 Å². The van der Waals surface area contributed by atoms with Gasteiger partial charge >= 0.3 is 21.7 Å². The van der Waals surface area contributed by atoms with E-state index in [2.05, 4.69) is 11.2 Å². The van der Waals surface area contributed by atoms with Gasteiger partial charge in [-0.15, -0.1) is 0 Å². The van der Waals surface area contributed by atoms with Gasteiger partial charge in [0, 0.05) is 0 Å². The second kappa shape index (κ2) is 16.4. The molecule has 0 N–H and O–H groups in total. The molecule has 0 aliphatic carbocycles. The van der Waals surface area contributed by atoms with Crippen molar-refractivity contribution in [1.82, 2.24) is 4.98 Å². The first kappa shape index (κ1) is 22.4. The summed E-state index contributed by atoms with van der Waals surface area (Å²) in [6, 6.07) is 5.50. The maximum absolute atomic E-state index is 3.66. The summed E-state index contributed by atoms with van der Waals surface area (Å²) < 4.78 is 0. The van der Waals surface area contributed by atoms with Crippen LogP contribution >= 0.6 is 0 Å². The first-order valence-electron chi connectivity index (χ1n) is 1.77. The third-order valence-electron chi connectivity index (χ3n) is 0.517. The van der Waals surface area contributed by atoms with Crippen LogP contribution in [0.2, 0.25) is 0 Å². The summed E-state index contributed by atoms with van der Waals surface area (Å²) in [4.78, 5) is 3.66. The van der Waals surface area contributed by atoms with E-state index in [1.807, 2.05) is 12.1 Å². The maximum Gasteiger partial charge on any atom is 4.00 e. The van der Waals surface area contributed by atoms with Gasteiger partial charge in [-0.05, 0) is 0 Å². The van der Waals surface area contributed by atoms with Gasteiger partial charge in [0.2, 0.25) is 0 Å². The van der Waals surface area contributed by atoms with Crippen LogP contribution < -0.4 is 37.2 Å². The van der Waals surface area contributed by atoms with Gasteiger partial charge in [-0.2, -0.15) is 18.2 Å². The molecule has 0 aliphatic heterocycles. The average molecular weight is 232 g/mol. The molecule has 0 fully saturated rings. The summed E-state index contributed by atoms with van der Waals surface area (Å²) in [7, 11) is 0. The molecule has 0 radical (unpaired) electrons. The van der Waals surface area contributed by atoms with Crippen molar-refractivity contribution in [1.29, 1.82) is 0 Å². The second-order valence-corrected chi connectivity index (χ2v) is 0.959. The Hall–Kier alpha value is 0.734. The quantitative estimate of drug-likeness (QED) is 0.320. The van der Waals surface area contributed by atoms with E-state index in [4.69, 9.17) is 0 Å². The molecule has 0 amide bonds. The number of aromatic nitrogens is 1. The van der Waals surface area contributed by atoms with E-state index in [0.717, 1.165) is 0 Å². The van der Waals surface area contributed by atoms with E-state index in [1.54, 1.807) is 12.3 Å². The van der Waals surface area contributed by atoms with Crippen molar-refractivity contribution in [2.75, 3.05) is 0 Å². The van der Waals surface area contributed by atoms with Crippen molar-refractivity contribution in [3.05, 3.63) is 30.6 Å². The van der Waals surface area contributed by atoms with Gasteiger partial charge < -0.3 is 42.2 Å². The Kier molecular flexibility index (Phi) is 36.7. The van der Waals surface area contributed by atoms with Crippen LogP contribution in [-0.2, 0) is 21.7 Å². The van der Waals surface area contributed by atoms with Gasteiger partial charge in [0.25, 0.3) is 0 Å². The van der Waals surface area contributed by atoms with E-state index in [0.29, 0.717) is 0 Å². The minimum absolute atomic E-state index is 0. The fraction of sp³-hybridized carbons (Fsp3) is 0. The zero-order chi connectivity index (χ0) is 4.24. The summed E-state index contributed by atoms with van der Waals surface area (Å²) in [5, 5.41) is 0. The summed E-state index contributed by atoms with van der Waals surface area (Å²) in [6.07, 6.45) is 4.34. The normalized spacial score (nSPS) is 4.80. The Morgan fingerprint density at radius 2 is 1.60 bits per heavy atom. The molecule has 5 heteroatoms. The molecule has 0 aromatic carbocycles.